The van der Waals surface area contributed by atoms with Gasteiger partial charge in [0, 0.05) is 44.4 Å². The number of benzene rings is 1. The maximum atomic E-state index is 12.6. The van der Waals surface area contributed by atoms with Crippen LogP contribution in [0.1, 0.15) is 27.3 Å². The molecule has 150 valence electrons. The van der Waals surface area contributed by atoms with E-state index in [4.69, 9.17) is 5.11 Å². The molecule has 2 heterocycles. The smallest absolute Gasteiger partial charge is 0.328 e. The highest BCUT2D eigenvalue weighted by atomic mass is 16.4. The lowest BCUT2D eigenvalue weighted by Gasteiger charge is -2.32. The fourth-order valence-corrected chi connectivity index (χ4v) is 3.16. The maximum absolute atomic E-state index is 12.6. The number of likely N-dealkylation sites (N-methyl/N-ethyl adjacent to an activating group) is 1. The molecule has 1 saturated heterocycles. The van der Waals surface area contributed by atoms with Gasteiger partial charge in [0.15, 0.2) is 5.78 Å². The molecule has 0 atom stereocenters. The molecule has 0 saturated carbocycles. The molecular formula is C23H25N3O3. The van der Waals surface area contributed by atoms with Crippen LogP contribution in [0.3, 0.4) is 0 Å². The van der Waals surface area contributed by atoms with Crippen LogP contribution in [0.15, 0.2) is 54.6 Å². The van der Waals surface area contributed by atoms with Crippen LogP contribution in [0.4, 0.5) is 0 Å². The van der Waals surface area contributed by atoms with Gasteiger partial charge in [-0.25, -0.2) is 9.78 Å². The number of carbonyl (C=O) groups is 2. The number of allylic oxidation sites excluding steroid dienone is 1. The highest BCUT2D eigenvalue weighted by Gasteiger charge is 2.14. The topological polar surface area (TPSA) is 73.7 Å². The van der Waals surface area contributed by atoms with Gasteiger partial charge < -0.3 is 10.0 Å². The lowest BCUT2D eigenvalue weighted by atomic mass is 10.1. The monoisotopic (exact) mass is 391 g/mol. The van der Waals surface area contributed by atoms with Gasteiger partial charge in [0.2, 0.25) is 0 Å². The van der Waals surface area contributed by atoms with Gasteiger partial charge in [-0.1, -0.05) is 24.3 Å². The first-order valence-electron chi connectivity index (χ1n) is 9.60. The van der Waals surface area contributed by atoms with Crippen molar-refractivity contribution in [1.29, 1.82) is 0 Å². The van der Waals surface area contributed by atoms with E-state index in [1.54, 1.807) is 24.3 Å². The van der Waals surface area contributed by atoms with Gasteiger partial charge in [0.05, 0.1) is 11.4 Å². The summed E-state index contributed by atoms with van der Waals surface area (Å²) in [4.78, 5) is 32.2. The number of aliphatic carboxylic acids is 1. The standard InChI is InChI=1S/C23H25N3O3/c1-25-12-14-26(15-13-25)17-18-4-2-5-19(16-18)22(27)10-8-20-6-3-7-21(24-20)9-11-23(28)29/h2-11,16H,12-15,17H2,1H3,(H,28,29)/b10-8+,11-9+. The molecule has 0 spiro atoms. The molecule has 6 nitrogen and oxygen atoms in total. The van der Waals surface area contributed by atoms with Crippen LogP contribution in [0, 0.1) is 0 Å². The first-order valence-corrected chi connectivity index (χ1v) is 9.60. The van der Waals surface area contributed by atoms with Crippen LogP contribution < -0.4 is 0 Å². The summed E-state index contributed by atoms with van der Waals surface area (Å²) in [6.45, 7) is 5.04. The molecule has 2 aromatic rings. The molecule has 0 bridgehead atoms. The van der Waals surface area contributed by atoms with Gasteiger partial charge in [-0.3, -0.25) is 9.69 Å². The second-order valence-electron chi connectivity index (χ2n) is 7.14. The molecule has 6 heteroatoms. The predicted octanol–water partition coefficient (Wildman–Crippen LogP) is 2.82. The summed E-state index contributed by atoms with van der Waals surface area (Å²) in [5.41, 5.74) is 2.90. The summed E-state index contributed by atoms with van der Waals surface area (Å²) >= 11 is 0. The number of pyridine rings is 1. The van der Waals surface area contributed by atoms with E-state index in [9.17, 15) is 9.59 Å². The number of carbonyl (C=O) groups excluding carboxylic acids is 1. The first kappa shape index (κ1) is 20.6. The average molecular weight is 391 g/mol. The van der Waals surface area contributed by atoms with Crippen LogP contribution in [0.2, 0.25) is 0 Å². The number of carboxylic acid groups (broad SMARTS) is 1. The Balaban J connectivity index is 1.65. The van der Waals surface area contributed by atoms with E-state index in [2.05, 4.69) is 27.9 Å². The number of carboxylic acids is 1. The number of piperazine rings is 1. The van der Waals surface area contributed by atoms with Crippen molar-refractivity contribution >= 4 is 23.9 Å². The molecule has 1 aromatic heterocycles. The lowest BCUT2D eigenvalue weighted by molar-refractivity contribution is -0.131. The molecule has 1 fully saturated rings. The van der Waals surface area contributed by atoms with Gasteiger partial charge in [0.25, 0.3) is 0 Å². The molecule has 1 aliphatic rings. The van der Waals surface area contributed by atoms with Gasteiger partial charge in [0.1, 0.15) is 0 Å². The van der Waals surface area contributed by atoms with Crippen molar-refractivity contribution in [3.63, 3.8) is 0 Å². The van der Waals surface area contributed by atoms with Crippen molar-refractivity contribution in [2.24, 2.45) is 0 Å². The molecule has 3 rings (SSSR count). The third-order valence-electron chi connectivity index (χ3n) is 4.81. The van der Waals surface area contributed by atoms with E-state index in [1.807, 2.05) is 18.2 Å². The minimum absolute atomic E-state index is 0.0847. The Hall–Kier alpha value is -3.09. The zero-order valence-corrected chi connectivity index (χ0v) is 16.5. The summed E-state index contributed by atoms with van der Waals surface area (Å²) in [7, 11) is 2.13. The van der Waals surface area contributed by atoms with E-state index in [1.165, 1.54) is 12.2 Å². The predicted molar refractivity (Wildman–Crippen MR) is 113 cm³/mol. The third kappa shape index (κ3) is 6.48. The Morgan fingerprint density at radius 2 is 1.66 bits per heavy atom. The lowest BCUT2D eigenvalue weighted by Crippen LogP contribution is -2.43. The van der Waals surface area contributed by atoms with Gasteiger partial charge >= 0.3 is 5.97 Å². The molecule has 29 heavy (non-hydrogen) atoms. The Labute approximate surface area is 170 Å². The van der Waals surface area contributed by atoms with Crippen LogP contribution in [-0.2, 0) is 11.3 Å². The number of nitrogens with zero attached hydrogens (tertiary/aromatic N) is 3. The summed E-state index contributed by atoms with van der Waals surface area (Å²) in [5, 5.41) is 8.71. The van der Waals surface area contributed by atoms with Gasteiger partial charge in [-0.05, 0) is 49.0 Å². The Bertz CT molecular complexity index is 928. The second kappa shape index (κ2) is 9.91. The first-order chi connectivity index (χ1) is 14.0. The van der Waals surface area contributed by atoms with Crippen molar-refractivity contribution in [3.05, 3.63) is 77.1 Å². The largest absolute Gasteiger partial charge is 0.478 e. The van der Waals surface area contributed by atoms with E-state index in [0.29, 0.717) is 17.0 Å². The number of ketones is 1. The summed E-state index contributed by atoms with van der Waals surface area (Å²) in [6, 6.07) is 13.0. The molecule has 0 radical (unpaired) electrons. The summed E-state index contributed by atoms with van der Waals surface area (Å²) in [5.74, 6) is -1.11. The quantitative estimate of drug-likeness (QED) is 0.578. The second-order valence-corrected chi connectivity index (χ2v) is 7.14. The number of rotatable bonds is 7. The highest BCUT2D eigenvalue weighted by molar-refractivity contribution is 6.06. The molecule has 1 aromatic carbocycles. The van der Waals surface area contributed by atoms with Crippen molar-refractivity contribution < 1.29 is 14.7 Å². The highest BCUT2D eigenvalue weighted by Crippen LogP contribution is 2.12. The normalized spacial score (nSPS) is 15.9. The van der Waals surface area contributed by atoms with Gasteiger partial charge in [-0.2, -0.15) is 0 Å². The van der Waals surface area contributed by atoms with E-state index in [0.717, 1.165) is 44.4 Å². The van der Waals surface area contributed by atoms with Crippen LogP contribution >= 0.6 is 0 Å². The number of aromatic nitrogens is 1. The van der Waals surface area contributed by atoms with E-state index in [-0.39, 0.29) is 5.78 Å². The molecule has 0 amide bonds. The van der Waals surface area contributed by atoms with Crippen LogP contribution in [0.25, 0.3) is 12.2 Å². The molecule has 0 unspecified atom stereocenters. The van der Waals surface area contributed by atoms with Crippen molar-refractivity contribution in [2.45, 2.75) is 6.54 Å². The minimum Gasteiger partial charge on any atom is -0.478 e. The molecule has 1 aliphatic heterocycles. The average Bonchev–Trinajstić information content (AvgIpc) is 2.73. The third-order valence-corrected chi connectivity index (χ3v) is 4.81. The van der Waals surface area contributed by atoms with Crippen LogP contribution in [0.5, 0.6) is 0 Å². The zero-order chi connectivity index (χ0) is 20.6. The van der Waals surface area contributed by atoms with Crippen molar-refractivity contribution in [3.8, 4) is 0 Å². The zero-order valence-electron chi connectivity index (χ0n) is 16.5. The molecule has 1 N–H and O–H groups in total. The molecule has 0 aliphatic carbocycles. The minimum atomic E-state index is -1.03. The summed E-state index contributed by atoms with van der Waals surface area (Å²) < 4.78 is 0. The Morgan fingerprint density at radius 1 is 1.00 bits per heavy atom. The van der Waals surface area contributed by atoms with Crippen LogP contribution in [-0.4, -0.2) is 64.9 Å². The summed E-state index contributed by atoms with van der Waals surface area (Å²) in [6.07, 6.45) is 5.60. The SMILES string of the molecule is CN1CCN(Cc2cccc(C(=O)/C=C/c3cccc(/C=C/C(=O)O)n3)c2)CC1. The Kier molecular flexibility index (Phi) is 7.05. The number of hydrogen-bond acceptors (Lipinski definition) is 5. The fraction of sp³-hybridized carbons (Fsp3) is 0.261. The Morgan fingerprint density at radius 3 is 2.34 bits per heavy atom. The maximum Gasteiger partial charge on any atom is 0.328 e. The van der Waals surface area contributed by atoms with E-state index >= 15 is 0 Å². The van der Waals surface area contributed by atoms with E-state index < -0.39 is 5.97 Å². The number of hydrogen-bond donors (Lipinski definition) is 1. The van der Waals surface area contributed by atoms with Crippen molar-refractivity contribution in [2.75, 3.05) is 33.2 Å². The van der Waals surface area contributed by atoms with Crippen molar-refractivity contribution in [1.82, 2.24) is 14.8 Å². The molecular weight excluding hydrogens is 366 g/mol. The fourth-order valence-electron chi connectivity index (χ4n) is 3.16. The van der Waals surface area contributed by atoms with Gasteiger partial charge in [-0.15, -0.1) is 0 Å².